The van der Waals surface area contributed by atoms with E-state index in [4.69, 9.17) is 5.73 Å². The highest BCUT2D eigenvalue weighted by molar-refractivity contribution is 5.95. The first-order valence-electron chi connectivity index (χ1n) is 6.30. The van der Waals surface area contributed by atoms with E-state index in [0.717, 1.165) is 19.4 Å². The standard InChI is InChI=1S/C11H18N6O2/c1-7(10(12)18)14-11(19)9-6-17(16-15-9)5-8-3-2-4-13-8/h6-8,13H,2-5H2,1H3,(H2,12,18)(H,14,19)/t7-,8+/m0/s1. The molecule has 0 aromatic carbocycles. The zero-order valence-electron chi connectivity index (χ0n) is 10.8. The number of primary amides is 1. The lowest BCUT2D eigenvalue weighted by molar-refractivity contribution is -0.119. The summed E-state index contributed by atoms with van der Waals surface area (Å²) < 4.78 is 1.63. The van der Waals surface area contributed by atoms with Crippen LogP contribution in [-0.4, -0.2) is 45.4 Å². The topological polar surface area (TPSA) is 115 Å². The summed E-state index contributed by atoms with van der Waals surface area (Å²) >= 11 is 0. The second-order valence-corrected chi connectivity index (χ2v) is 4.72. The molecule has 19 heavy (non-hydrogen) atoms. The molecule has 104 valence electrons. The molecule has 2 heterocycles. The summed E-state index contributed by atoms with van der Waals surface area (Å²) in [6, 6.07) is -0.351. The highest BCUT2D eigenvalue weighted by atomic mass is 16.2. The van der Waals surface area contributed by atoms with E-state index in [1.54, 1.807) is 10.9 Å². The molecule has 0 saturated carbocycles. The molecule has 1 aromatic heterocycles. The van der Waals surface area contributed by atoms with E-state index in [9.17, 15) is 9.59 Å². The monoisotopic (exact) mass is 266 g/mol. The minimum absolute atomic E-state index is 0.186. The normalized spacial score (nSPS) is 20.2. The van der Waals surface area contributed by atoms with Crippen molar-refractivity contribution in [2.75, 3.05) is 6.54 Å². The Balaban J connectivity index is 1.92. The van der Waals surface area contributed by atoms with E-state index in [1.807, 2.05) is 0 Å². The Morgan fingerprint density at radius 3 is 3.11 bits per heavy atom. The van der Waals surface area contributed by atoms with Crippen molar-refractivity contribution in [1.29, 1.82) is 0 Å². The minimum Gasteiger partial charge on any atom is -0.368 e. The van der Waals surface area contributed by atoms with Gasteiger partial charge in [0.2, 0.25) is 5.91 Å². The van der Waals surface area contributed by atoms with Gasteiger partial charge in [-0.3, -0.25) is 14.3 Å². The van der Waals surface area contributed by atoms with Crippen LogP contribution in [0.4, 0.5) is 0 Å². The Kier molecular flexibility index (Phi) is 4.10. The number of nitrogens with one attached hydrogen (secondary N) is 2. The fourth-order valence-electron chi connectivity index (χ4n) is 1.97. The van der Waals surface area contributed by atoms with E-state index in [-0.39, 0.29) is 5.69 Å². The molecule has 0 radical (unpaired) electrons. The second-order valence-electron chi connectivity index (χ2n) is 4.72. The molecule has 0 aliphatic carbocycles. The van der Waals surface area contributed by atoms with Crippen molar-refractivity contribution in [1.82, 2.24) is 25.6 Å². The summed E-state index contributed by atoms with van der Waals surface area (Å²) in [7, 11) is 0. The molecule has 2 rings (SSSR count). The third-order valence-corrected chi connectivity index (χ3v) is 3.12. The molecule has 2 atom stereocenters. The van der Waals surface area contributed by atoms with Crippen molar-refractivity contribution in [2.24, 2.45) is 5.73 Å². The van der Waals surface area contributed by atoms with Gasteiger partial charge in [0.1, 0.15) is 6.04 Å². The molecule has 0 spiro atoms. The van der Waals surface area contributed by atoms with Crippen molar-refractivity contribution in [3.05, 3.63) is 11.9 Å². The van der Waals surface area contributed by atoms with Crippen molar-refractivity contribution in [3.8, 4) is 0 Å². The van der Waals surface area contributed by atoms with Gasteiger partial charge in [-0.1, -0.05) is 5.21 Å². The largest absolute Gasteiger partial charge is 0.368 e. The van der Waals surface area contributed by atoms with Crippen LogP contribution in [0.1, 0.15) is 30.3 Å². The molecule has 1 aliphatic rings. The number of aromatic nitrogens is 3. The van der Waals surface area contributed by atoms with Crippen LogP contribution in [0, 0.1) is 0 Å². The zero-order chi connectivity index (χ0) is 13.8. The first-order chi connectivity index (χ1) is 9.06. The first-order valence-corrected chi connectivity index (χ1v) is 6.30. The molecule has 8 nitrogen and oxygen atoms in total. The van der Waals surface area contributed by atoms with Gasteiger partial charge in [-0.2, -0.15) is 0 Å². The molecule has 4 N–H and O–H groups in total. The van der Waals surface area contributed by atoms with E-state index in [0.29, 0.717) is 12.6 Å². The van der Waals surface area contributed by atoms with Crippen LogP contribution in [0.5, 0.6) is 0 Å². The van der Waals surface area contributed by atoms with Gasteiger partial charge in [0.15, 0.2) is 5.69 Å². The van der Waals surface area contributed by atoms with Crippen LogP contribution in [0.2, 0.25) is 0 Å². The van der Waals surface area contributed by atoms with Gasteiger partial charge in [-0.15, -0.1) is 5.10 Å². The average molecular weight is 266 g/mol. The summed E-state index contributed by atoms with van der Waals surface area (Å²) in [4.78, 5) is 22.6. The molecular weight excluding hydrogens is 248 g/mol. The molecule has 8 heteroatoms. The molecule has 2 amide bonds. The molecule has 0 bridgehead atoms. The molecule has 1 saturated heterocycles. The van der Waals surface area contributed by atoms with Crippen LogP contribution >= 0.6 is 0 Å². The maximum Gasteiger partial charge on any atom is 0.274 e. The summed E-state index contributed by atoms with van der Waals surface area (Å²) in [6.07, 6.45) is 3.83. The number of amides is 2. The predicted octanol–water partition coefficient (Wildman–Crippen LogP) is -1.37. The Bertz CT molecular complexity index is 466. The number of hydrogen-bond donors (Lipinski definition) is 3. The highest BCUT2D eigenvalue weighted by Crippen LogP contribution is 2.07. The quantitative estimate of drug-likeness (QED) is 0.608. The lowest BCUT2D eigenvalue weighted by Crippen LogP contribution is -2.42. The van der Waals surface area contributed by atoms with Crippen molar-refractivity contribution in [2.45, 2.75) is 38.4 Å². The Morgan fingerprint density at radius 2 is 2.47 bits per heavy atom. The fourth-order valence-corrected chi connectivity index (χ4v) is 1.97. The summed E-state index contributed by atoms with van der Waals surface area (Å²) in [6.45, 7) is 3.22. The molecular formula is C11H18N6O2. The van der Waals surface area contributed by atoms with Gasteiger partial charge in [0.25, 0.3) is 5.91 Å². The number of carbonyl (C=O) groups excluding carboxylic acids is 2. The van der Waals surface area contributed by atoms with E-state index < -0.39 is 17.9 Å². The number of nitrogens with two attached hydrogens (primary N) is 1. The summed E-state index contributed by atoms with van der Waals surface area (Å²) in [5.41, 5.74) is 5.26. The van der Waals surface area contributed by atoms with E-state index >= 15 is 0 Å². The fraction of sp³-hybridized carbons (Fsp3) is 0.636. The Hall–Kier alpha value is -1.96. The van der Waals surface area contributed by atoms with Crippen LogP contribution in [0.25, 0.3) is 0 Å². The van der Waals surface area contributed by atoms with Gasteiger partial charge in [0, 0.05) is 6.04 Å². The van der Waals surface area contributed by atoms with E-state index in [2.05, 4.69) is 20.9 Å². The molecule has 1 aliphatic heterocycles. The lowest BCUT2D eigenvalue weighted by atomic mass is 10.2. The highest BCUT2D eigenvalue weighted by Gasteiger charge is 2.18. The SMILES string of the molecule is C[C@H](NC(=O)c1cn(C[C@H]2CCCN2)nn1)C(N)=O. The van der Waals surface area contributed by atoms with Gasteiger partial charge in [-0.25, -0.2) is 0 Å². The van der Waals surface area contributed by atoms with Crippen molar-refractivity contribution >= 4 is 11.8 Å². The van der Waals surface area contributed by atoms with Crippen molar-refractivity contribution in [3.63, 3.8) is 0 Å². The van der Waals surface area contributed by atoms with Crippen molar-refractivity contribution < 1.29 is 9.59 Å². The third-order valence-electron chi connectivity index (χ3n) is 3.12. The van der Waals surface area contributed by atoms with Gasteiger partial charge < -0.3 is 16.4 Å². The van der Waals surface area contributed by atoms with Gasteiger partial charge in [0.05, 0.1) is 12.7 Å². The number of rotatable bonds is 5. The number of hydrogen-bond acceptors (Lipinski definition) is 5. The molecule has 1 aromatic rings. The molecule has 0 unspecified atom stereocenters. The first kappa shape index (κ1) is 13.5. The Morgan fingerprint density at radius 1 is 1.68 bits per heavy atom. The predicted molar refractivity (Wildman–Crippen MR) is 67.2 cm³/mol. The van der Waals surface area contributed by atoms with E-state index in [1.165, 1.54) is 6.92 Å². The summed E-state index contributed by atoms with van der Waals surface area (Å²) in [5.74, 6) is -1.03. The van der Waals surface area contributed by atoms with Crippen LogP contribution in [0.15, 0.2) is 6.20 Å². The van der Waals surface area contributed by atoms with Gasteiger partial charge in [-0.05, 0) is 26.3 Å². The smallest absolute Gasteiger partial charge is 0.274 e. The summed E-state index contributed by atoms with van der Waals surface area (Å²) in [5, 5.41) is 13.5. The maximum absolute atomic E-state index is 11.8. The van der Waals surface area contributed by atoms with Gasteiger partial charge >= 0.3 is 0 Å². The van der Waals surface area contributed by atoms with Crippen LogP contribution in [0.3, 0.4) is 0 Å². The third kappa shape index (κ3) is 3.50. The number of nitrogens with zero attached hydrogens (tertiary/aromatic N) is 3. The molecule has 1 fully saturated rings. The zero-order valence-corrected chi connectivity index (χ0v) is 10.8. The lowest BCUT2D eigenvalue weighted by Gasteiger charge is -2.09. The number of carbonyl (C=O) groups is 2. The maximum atomic E-state index is 11.8. The van der Waals surface area contributed by atoms with Crippen LogP contribution in [-0.2, 0) is 11.3 Å². The van der Waals surface area contributed by atoms with Crippen LogP contribution < -0.4 is 16.4 Å². The Labute approximate surface area is 110 Å². The second kappa shape index (κ2) is 5.79. The average Bonchev–Trinajstić information content (AvgIpc) is 3.00. The minimum atomic E-state index is -0.728.